The van der Waals surface area contributed by atoms with Crippen molar-refractivity contribution in [3.63, 3.8) is 0 Å². The molecule has 25 heavy (non-hydrogen) atoms. The van der Waals surface area contributed by atoms with E-state index in [-0.39, 0.29) is 0 Å². The van der Waals surface area contributed by atoms with Crippen LogP contribution in [0.25, 0.3) is 5.57 Å². The van der Waals surface area contributed by atoms with Crippen molar-refractivity contribution in [1.82, 2.24) is 4.98 Å². The summed E-state index contributed by atoms with van der Waals surface area (Å²) in [6.07, 6.45) is 14.2. The van der Waals surface area contributed by atoms with Crippen molar-refractivity contribution in [2.45, 2.75) is 32.1 Å². The summed E-state index contributed by atoms with van der Waals surface area (Å²) in [7, 11) is 0. The quantitative estimate of drug-likeness (QED) is 0.502. The highest BCUT2D eigenvalue weighted by atomic mass is 16.5. The Hall–Kier alpha value is -2.68. The molecular weight excluding hydrogens is 310 g/mol. The van der Waals surface area contributed by atoms with Crippen LogP contribution in [-0.2, 0) is 6.42 Å². The lowest BCUT2D eigenvalue weighted by atomic mass is 10.0. The number of aryl methyl sites for hydroxylation is 1. The third kappa shape index (κ3) is 5.15. The van der Waals surface area contributed by atoms with E-state index in [4.69, 9.17) is 4.74 Å². The van der Waals surface area contributed by atoms with Gasteiger partial charge in [0.15, 0.2) is 0 Å². The summed E-state index contributed by atoms with van der Waals surface area (Å²) in [5.41, 5.74) is 4.26. The zero-order chi connectivity index (χ0) is 17.3. The summed E-state index contributed by atoms with van der Waals surface area (Å²) in [5.74, 6) is 0.818. The first-order chi connectivity index (χ1) is 12.3. The number of pyridine rings is 1. The number of benzene rings is 1. The van der Waals surface area contributed by atoms with Gasteiger partial charge in [0, 0.05) is 5.56 Å². The number of hydrogen-bond acceptors (Lipinski definition) is 3. The second kappa shape index (κ2) is 8.97. The molecule has 0 N–H and O–H groups in total. The number of hydrogen-bond donors (Lipinski definition) is 0. The first-order valence-electron chi connectivity index (χ1n) is 8.84. The molecule has 128 valence electrons. The Bertz CT molecular complexity index is 760. The first-order valence-corrected chi connectivity index (χ1v) is 8.84. The third-order valence-corrected chi connectivity index (χ3v) is 4.29. The number of carbonyl (C=O) groups excluding carboxylic acids is 1. The van der Waals surface area contributed by atoms with Gasteiger partial charge in [-0.15, -0.1) is 0 Å². The van der Waals surface area contributed by atoms with Crippen molar-refractivity contribution >= 4 is 11.9 Å². The molecule has 0 fully saturated rings. The monoisotopic (exact) mass is 333 g/mol. The Labute approximate surface area is 149 Å². The zero-order valence-electron chi connectivity index (χ0n) is 14.4. The molecule has 3 rings (SSSR count). The van der Waals surface area contributed by atoms with Crippen molar-refractivity contribution < 1.29 is 9.53 Å². The SMILES string of the molecule is O=Cc1cccc(CCCCOc2ccc(C3=CC=CCC3)nc2)c1. The fourth-order valence-corrected chi connectivity index (χ4v) is 2.91. The van der Waals surface area contributed by atoms with Crippen molar-refractivity contribution in [3.8, 4) is 5.75 Å². The number of nitrogens with zero attached hydrogens (tertiary/aromatic N) is 1. The van der Waals surface area contributed by atoms with Gasteiger partial charge >= 0.3 is 0 Å². The Morgan fingerprint density at radius 2 is 2.12 bits per heavy atom. The van der Waals surface area contributed by atoms with Crippen LogP contribution in [0.15, 0.2) is 60.8 Å². The maximum Gasteiger partial charge on any atom is 0.150 e. The van der Waals surface area contributed by atoms with E-state index in [0.717, 1.165) is 55.4 Å². The van der Waals surface area contributed by atoms with Crippen LogP contribution in [0.3, 0.4) is 0 Å². The van der Waals surface area contributed by atoms with Crippen LogP contribution in [0.5, 0.6) is 5.75 Å². The number of carbonyl (C=O) groups is 1. The number of aromatic nitrogens is 1. The van der Waals surface area contributed by atoms with E-state index in [1.807, 2.05) is 36.5 Å². The first kappa shape index (κ1) is 17.2. The lowest BCUT2D eigenvalue weighted by Crippen LogP contribution is -2.00. The standard InChI is InChI=1S/C22H23NO2/c24-17-19-9-6-8-18(15-19)7-4-5-14-25-21-12-13-22(23-16-21)20-10-2-1-3-11-20/h1-2,6,8-10,12-13,15-17H,3-5,7,11,14H2. The Kier molecular flexibility index (Phi) is 6.16. The van der Waals surface area contributed by atoms with Gasteiger partial charge in [-0.2, -0.15) is 0 Å². The molecule has 1 aliphatic rings. The molecule has 1 aromatic heterocycles. The summed E-state index contributed by atoms with van der Waals surface area (Å²) < 4.78 is 5.78. The summed E-state index contributed by atoms with van der Waals surface area (Å²) in [6.45, 7) is 0.680. The molecule has 0 radical (unpaired) electrons. The van der Waals surface area contributed by atoms with Crippen molar-refractivity contribution in [3.05, 3.63) is 77.6 Å². The summed E-state index contributed by atoms with van der Waals surface area (Å²) in [6, 6.07) is 11.8. The van der Waals surface area contributed by atoms with Crippen molar-refractivity contribution in [2.75, 3.05) is 6.61 Å². The molecule has 3 heteroatoms. The molecule has 1 aromatic carbocycles. The molecule has 1 heterocycles. The van der Waals surface area contributed by atoms with E-state index in [9.17, 15) is 4.79 Å². The fraction of sp³-hybridized carbons (Fsp3) is 0.273. The van der Waals surface area contributed by atoms with E-state index in [2.05, 4.69) is 29.3 Å². The Morgan fingerprint density at radius 1 is 1.16 bits per heavy atom. The topological polar surface area (TPSA) is 39.2 Å². The molecule has 1 aliphatic carbocycles. The van der Waals surface area contributed by atoms with E-state index < -0.39 is 0 Å². The van der Waals surface area contributed by atoms with Crippen LogP contribution in [0.4, 0.5) is 0 Å². The van der Waals surface area contributed by atoms with Gasteiger partial charge in [0.05, 0.1) is 18.5 Å². The molecule has 0 saturated carbocycles. The number of aldehydes is 1. The molecule has 2 aromatic rings. The smallest absolute Gasteiger partial charge is 0.150 e. The minimum absolute atomic E-state index is 0.680. The van der Waals surface area contributed by atoms with Gasteiger partial charge in [-0.3, -0.25) is 9.78 Å². The molecule has 0 saturated heterocycles. The Morgan fingerprint density at radius 3 is 2.88 bits per heavy atom. The van der Waals surface area contributed by atoms with Crippen LogP contribution in [0.2, 0.25) is 0 Å². The molecule has 0 atom stereocenters. The van der Waals surface area contributed by atoms with Crippen molar-refractivity contribution in [1.29, 1.82) is 0 Å². The number of ether oxygens (including phenoxy) is 1. The normalized spacial score (nSPS) is 13.4. The fourth-order valence-electron chi connectivity index (χ4n) is 2.91. The average molecular weight is 333 g/mol. The number of rotatable bonds is 8. The highest BCUT2D eigenvalue weighted by Crippen LogP contribution is 2.23. The number of unbranched alkanes of at least 4 members (excludes halogenated alkanes) is 1. The number of allylic oxidation sites excluding steroid dienone is 4. The molecule has 0 amide bonds. The minimum atomic E-state index is 0.680. The maximum absolute atomic E-state index is 10.8. The van der Waals surface area contributed by atoms with Gasteiger partial charge in [-0.05, 0) is 61.4 Å². The van der Waals surface area contributed by atoms with E-state index in [1.165, 1.54) is 11.1 Å². The molecule has 0 spiro atoms. The van der Waals surface area contributed by atoms with Gasteiger partial charge in [0.2, 0.25) is 0 Å². The van der Waals surface area contributed by atoms with Gasteiger partial charge < -0.3 is 4.74 Å². The molecule has 0 bridgehead atoms. The van der Waals surface area contributed by atoms with E-state index >= 15 is 0 Å². The molecule has 0 aliphatic heterocycles. The van der Waals surface area contributed by atoms with E-state index in [0.29, 0.717) is 6.61 Å². The van der Waals surface area contributed by atoms with Crippen LogP contribution in [0, 0.1) is 0 Å². The lowest BCUT2D eigenvalue weighted by Gasteiger charge is -2.10. The molecule has 3 nitrogen and oxygen atoms in total. The predicted molar refractivity (Wildman–Crippen MR) is 101 cm³/mol. The highest BCUT2D eigenvalue weighted by Gasteiger charge is 2.05. The van der Waals surface area contributed by atoms with Crippen LogP contribution in [-0.4, -0.2) is 17.9 Å². The van der Waals surface area contributed by atoms with Crippen LogP contribution in [0.1, 0.15) is 47.3 Å². The highest BCUT2D eigenvalue weighted by molar-refractivity contribution is 5.74. The summed E-state index contributed by atoms with van der Waals surface area (Å²) in [4.78, 5) is 15.3. The largest absolute Gasteiger partial charge is 0.492 e. The third-order valence-electron chi connectivity index (χ3n) is 4.29. The second-order valence-corrected chi connectivity index (χ2v) is 6.21. The van der Waals surface area contributed by atoms with Gasteiger partial charge in [-0.25, -0.2) is 0 Å². The molecular formula is C22H23NO2. The van der Waals surface area contributed by atoms with Gasteiger partial charge in [0.1, 0.15) is 12.0 Å². The van der Waals surface area contributed by atoms with Crippen molar-refractivity contribution in [2.24, 2.45) is 0 Å². The zero-order valence-corrected chi connectivity index (χ0v) is 14.4. The van der Waals surface area contributed by atoms with Gasteiger partial charge in [-0.1, -0.05) is 36.4 Å². The second-order valence-electron chi connectivity index (χ2n) is 6.21. The maximum atomic E-state index is 10.8. The summed E-state index contributed by atoms with van der Waals surface area (Å²) in [5, 5.41) is 0. The van der Waals surface area contributed by atoms with Gasteiger partial charge in [0.25, 0.3) is 0 Å². The van der Waals surface area contributed by atoms with Crippen LogP contribution < -0.4 is 4.74 Å². The summed E-state index contributed by atoms with van der Waals surface area (Å²) >= 11 is 0. The van der Waals surface area contributed by atoms with Crippen LogP contribution >= 0.6 is 0 Å². The predicted octanol–water partition coefficient (Wildman–Crippen LogP) is 5.03. The average Bonchev–Trinajstić information content (AvgIpc) is 2.69. The molecule has 0 unspecified atom stereocenters. The minimum Gasteiger partial charge on any atom is -0.492 e. The lowest BCUT2D eigenvalue weighted by molar-refractivity contribution is 0.112. The van der Waals surface area contributed by atoms with E-state index in [1.54, 1.807) is 0 Å². The Balaban J connectivity index is 1.40.